The maximum atomic E-state index is 11.7. The fourth-order valence-corrected chi connectivity index (χ4v) is 2.72. The van der Waals surface area contributed by atoms with Crippen molar-refractivity contribution in [3.63, 3.8) is 0 Å². The normalized spacial score (nSPS) is 11.4. The molecule has 4 N–H and O–H groups in total. The maximum absolute atomic E-state index is 11.7. The highest BCUT2D eigenvalue weighted by Gasteiger charge is 2.06. The van der Waals surface area contributed by atoms with Crippen LogP contribution < -0.4 is 15.8 Å². The Kier molecular flexibility index (Phi) is 6.32. The second kappa shape index (κ2) is 8.46. The lowest BCUT2D eigenvalue weighted by molar-refractivity contribution is 0.244. The predicted octanol–water partition coefficient (Wildman–Crippen LogP) is 2.16. The summed E-state index contributed by atoms with van der Waals surface area (Å²) in [5, 5.41) is 10.4. The average molecular weight is 359 g/mol. The molecule has 0 aromatic heterocycles. The molecule has 0 heterocycles. The summed E-state index contributed by atoms with van der Waals surface area (Å²) in [5.74, 6) is 0. The summed E-state index contributed by atoms with van der Waals surface area (Å²) in [6.07, 6.45) is 3.99. The molecule has 132 valence electrons. The van der Waals surface area contributed by atoms with Crippen LogP contribution in [0.3, 0.4) is 0 Å². The molecule has 0 aliphatic carbocycles. The monoisotopic (exact) mass is 359 g/mol. The van der Waals surface area contributed by atoms with Gasteiger partial charge in [0.15, 0.2) is 0 Å². The number of carbonyl (C=O) groups is 1. The molecule has 2 rings (SSSR count). The van der Waals surface area contributed by atoms with Crippen molar-refractivity contribution in [3.8, 4) is 0 Å². The minimum Gasteiger partial charge on any atom is -0.338 e. The minimum atomic E-state index is -3.68. The van der Waals surface area contributed by atoms with Gasteiger partial charge in [0.1, 0.15) is 0 Å². The van der Waals surface area contributed by atoms with Crippen molar-refractivity contribution >= 4 is 22.1 Å². The lowest BCUT2D eigenvalue weighted by Gasteiger charge is -2.05. The van der Waals surface area contributed by atoms with E-state index in [2.05, 4.69) is 10.6 Å². The summed E-state index contributed by atoms with van der Waals surface area (Å²) in [5.41, 5.74) is 3.07. The average Bonchev–Trinajstić information content (AvgIpc) is 2.54. The Morgan fingerprint density at radius 1 is 1.16 bits per heavy atom. The summed E-state index contributed by atoms with van der Waals surface area (Å²) in [7, 11) is -3.68. The molecule has 0 saturated carbocycles. The van der Waals surface area contributed by atoms with Crippen molar-refractivity contribution in [3.05, 3.63) is 71.4 Å². The predicted molar refractivity (Wildman–Crippen MR) is 98.3 cm³/mol. The number of carbonyl (C=O) groups excluding carboxylic acids is 1. The van der Waals surface area contributed by atoms with Gasteiger partial charge >= 0.3 is 6.03 Å². The van der Waals surface area contributed by atoms with E-state index in [9.17, 15) is 13.2 Å². The summed E-state index contributed by atoms with van der Waals surface area (Å²) >= 11 is 0. The van der Waals surface area contributed by atoms with E-state index in [4.69, 9.17) is 5.14 Å². The third-order valence-electron chi connectivity index (χ3n) is 3.48. The van der Waals surface area contributed by atoms with Gasteiger partial charge in [-0.3, -0.25) is 0 Å². The van der Waals surface area contributed by atoms with Crippen LogP contribution in [0, 0.1) is 6.92 Å². The van der Waals surface area contributed by atoms with Crippen LogP contribution in [-0.2, 0) is 16.4 Å². The maximum Gasteiger partial charge on any atom is 0.318 e. The van der Waals surface area contributed by atoms with E-state index in [1.165, 1.54) is 12.1 Å². The summed E-state index contributed by atoms with van der Waals surface area (Å²) in [6.45, 7) is 2.44. The van der Waals surface area contributed by atoms with E-state index in [-0.39, 0.29) is 10.9 Å². The number of urea groups is 1. The molecule has 0 aliphatic rings. The first-order chi connectivity index (χ1) is 11.8. The number of primary sulfonamides is 1. The Morgan fingerprint density at radius 2 is 1.88 bits per heavy atom. The van der Waals surface area contributed by atoms with Gasteiger partial charge in [-0.15, -0.1) is 0 Å². The van der Waals surface area contributed by atoms with Crippen LogP contribution in [-0.4, -0.2) is 21.0 Å². The van der Waals surface area contributed by atoms with Gasteiger partial charge in [-0.05, 0) is 42.7 Å². The Bertz CT molecular complexity index is 859. The van der Waals surface area contributed by atoms with E-state index in [0.717, 1.165) is 16.7 Å². The number of benzene rings is 2. The van der Waals surface area contributed by atoms with Crippen LogP contribution in [0.15, 0.2) is 59.6 Å². The molecule has 0 bridgehead atoms. The molecule has 0 fully saturated rings. The summed E-state index contributed by atoms with van der Waals surface area (Å²) in [6, 6.07) is 13.9. The van der Waals surface area contributed by atoms with E-state index in [1.54, 1.807) is 18.3 Å². The topological polar surface area (TPSA) is 101 Å². The molecule has 25 heavy (non-hydrogen) atoms. The lowest BCUT2D eigenvalue weighted by Crippen LogP contribution is -2.33. The van der Waals surface area contributed by atoms with Crippen molar-refractivity contribution in [2.24, 2.45) is 5.14 Å². The molecule has 0 atom stereocenters. The van der Waals surface area contributed by atoms with Gasteiger partial charge in [0.25, 0.3) is 0 Å². The number of amides is 2. The molecule has 0 spiro atoms. The van der Waals surface area contributed by atoms with E-state index in [1.807, 2.05) is 37.3 Å². The number of nitrogens with one attached hydrogen (secondary N) is 2. The minimum absolute atomic E-state index is 0.0724. The highest BCUT2D eigenvalue weighted by Crippen LogP contribution is 2.09. The first-order valence-electron chi connectivity index (χ1n) is 7.74. The van der Waals surface area contributed by atoms with Gasteiger partial charge in [0.2, 0.25) is 10.0 Å². The molecular formula is C18H21N3O3S. The summed E-state index contributed by atoms with van der Waals surface area (Å²) in [4.78, 5) is 11.8. The standard InChI is InChI=1S/C18H21N3O3S/c1-14-3-2-4-16(13-14)10-12-21-18(22)20-11-9-15-5-7-17(8-6-15)25(19,23)24/h2-8,10,12-13H,9,11H2,1H3,(H2,19,23,24)(H2,20,21,22)/b12-10+. The van der Waals surface area contributed by atoms with Gasteiger partial charge in [-0.25, -0.2) is 18.4 Å². The van der Waals surface area contributed by atoms with Crippen molar-refractivity contribution in [1.82, 2.24) is 10.6 Å². The van der Waals surface area contributed by atoms with Gasteiger partial charge < -0.3 is 10.6 Å². The highest BCUT2D eigenvalue weighted by molar-refractivity contribution is 7.89. The number of sulfonamides is 1. The third kappa shape index (κ3) is 6.40. The first-order valence-corrected chi connectivity index (χ1v) is 9.28. The number of rotatable bonds is 6. The second-order valence-electron chi connectivity index (χ2n) is 5.59. The van der Waals surface area contributed by atoms with Gasteiger partial charge in [0, 0.05) is 12.7 Å². The van der Waals surface area contributed by atoms with Gasteiger partial charge in [0.05, 0.1) is 4.90 Å². The third-order valence-corrected chi connectivity index (χ3v) is 4.41. The van der Waals surface area contributed by atoms with Crippen molar-refractivity contribution in [2.75, 3.05) is 6.54 Å². The smallest absolute Gasteiger partial charge is 0.318 e. The van der Waals surface area contributed by atoms with Crippen LogP contribution in [0.2, 0.25) is 0 Å². The highest BCUT2D eigenvalue weighted by atomic mass is 32.2. The van der Waals surface area contributed by atoms with Crippen molar-refractivity contribution in [2.45, 2.75) is 18.2 Å². The largest absolute Gasteiger partial charge is 0.338 e. The SMILES string of the molecule is Cc1cccc(/C=C/NC(=O)NCCc2ccc(S(N)(=O)=O)cc2)c1. The number of hydrogen-bond donors (Lipinski definition) is 3. The Hall–Kier alpha value is -2.64. The van der Waals surface area contributed by atoms with Crippen molar-refractivity contribution < 1.29 is 13.2 Å². The quantitative estimate of drug-likeness (QED) is 0.736. The van der Waals surface area contributed by atoms with Crippen molar-refractivity contribution in [1.29, 1.82) is 0 Å². The Labute approximate surface area is 147 Å². The number of nitrogens with two attached hydrogens (primary N) is 1. The van der Waals surface area contributed by atoms with Crippen LogP contribution in [0.1, 0.15) is 16.7 Å². The molecular weight excluding hydrogens is 338 g/mol. The number of aryl methyl sites for hydroxylation is 1. The van der Waals surface area contributed by atoms with E-state index < -0.39 is 10.0 Å². The lowest BCUT2D eigenvalue weighted by atomic mass is 10.1. The zero-order valence-corrected chi connectivity index (χ0v) is 14.7. The molecule has 0 radical (unpaired) electrons. The molecule has 0 unspecified atom stereocenters. The second-order valence-corrected chi connectivity index (χ2v) is 7.15. The molecule has 7 heteroatoms. The molecule has 0 saturated heterocycles. The molecule has 2 aromatic rings. The fourth-order valence-electron chi connectivity index (χ4n) is 2.20. The Balaban J connectivity index is 1.75. The van der Waals surface area contributed by atoms with Crippen LogP contribution in [0.25, 0.3) is 6.08 Å². The van der Waals surface area contributed by atoms with Crippen LogP contribution in [0.5, 0.6) is 0 Å². The number of hydrogen-bond acceptors (Lipinski definition) is 3. The molecule has 0 aliphatic heterocycles. The molecule has 6 nitrogen and oxygen atoms in total. The van der Waals surface area contributed by atoms with E-state index in [0.29, 0.717) is 13.0 Å². The molecule has 2 aromatic carbocycles. The van der Waals surface area contributed by atoms with Crippen LogP contribution >= 0.6 is 0 Å². The fraction of sp³-hybridized carbons (Fsp3) is 0.167. The van der Waals surface area contributed by atoms with Gasteiger partial charge in [-0.1, -0.05) is 42.0 Å². The Morgan fingerprint density at radius 3 is 2.52 bits per heavy atom. The zero-order chi connectivity index (χ0) is 18.3. The van der Waals surface area contributed by atoms with E-state index >= 15 is 0 Å². The van der Waals surface area contributed by atoms with Crippen LogP contribution in [0.4, 0.5) is 4.79 Å². The first kappa shape index (κ1) is 18.7. The van der Waals surface area contributed by atoms with Gasteiger partial charge in [-0.2, -0.15) is 0 Å². The summed E-state index contributed by atoms with van der Waals surface area (Å²) < 4.78 is 22.4. The molecule has 2 amide bonds. The zero-order valence-electron chi connectivity index (χ0n) is 13.9.